The summed E-state index contributed by atoms with van der Waals surface area (Å²) in [6.45, 7) is 4.19. The summed E-state index contributed by atoms with van der Waals surface area (Å²) < 4.78 is 5.26. The van der Waals surface area contributed by atoms with Crippen LogP contribution in [0, 0.1) is 13.8 Å². The molecule has 3 aromatic carbocycles. The number of methoxy groups -OCH3 is 1. The van der Waals surface area contributed by atoms with E-state index in [-0.39, 0.29) is 11.8 Å². The number of benzene rings is 3. The molecular weight excluding hydrogens is 334 g/mol. The zero-order valence-electron chi connectivity index (χ0n) is 16.0. The van der Waals surface area contributed by atoms with Gasteiger partial charge in [-0.05, 0) is 54.8 Å². The Bertz CT molecular complexity index is 901. The van der Waals surface area contributed by atoms with Crippen LogP contribution in [0.3, 0.4) is 0 Å². The van der Waals surface area contributed by atoms with Crippen LogP contribution in [0.25, 0.3) is 0 Å². The first-order chi connectivity index (χ1) is 13.1. The lowest BCUT2D eigenvalue weighted by molar-refractivity contribution is 0.0976. The minimum absolute atomic E-state index is 0.118. The molecular formula is C24H25NO2. The highest BCUT2D eigenvalue weighted by molar-refractivity contribution is 5.96. The van der Waals surface area contributed by atoms with Crippen molar-refractivity contribution in [2.75, 3.05) is 12.4 Å². The highest BCUT2D eigenvalue weighted by atomic mass is 16.5. The molecule has 1 unspecified atom stereocenters. The first kappa shape index (κ1) is 18.7. The first-order valence-electron chi connectivity index (χ1n) is 9.13. The van der Waals surface area contributed by atoms with Gasteiger partial charge in [0.05, 0.1) is 13.2 Å². The number of hydrogen-bond donors (Lipinski definition) is 1. The molecule has 0 saturated carbocycles. The van der Waals surface area contributed by atoms with Crippen molar-refractivity contribution < 1.29 is 9.53 Å². The van der Waals surface area contributed by atoms with E-state index in [1.165, 1.54) is 11.1 Å². The minimum atomic E-state index is -0.120. The van der Waals surface area contributed by atoms with Gasteiger partial charge in [0.2, 0.25) is 0 Å². The average molecular weight is 359 g/mol. The average Bonchev–Trinajstić information content (AvgIpc) is 2.71. The van der Waals surface area contributed by atoms with Crippen LogP contribution in [0.5, 0.6) is 5.75 Å². The van der Waals surface area contributed by atoms with Gasteiger partial charge in [-0.3, -0.25) is 4.79 Å². The topological polar surface area (TPSA) is 38.3 Å². The zero-order valence-corrected chi connectivity index (χ0v) is 16.0. The Balaban J connectivity index is 1.87. The highest BCUT2D eigenvalue weighted by Gasteiger charge is 2.17. The van der Waals surface area contributed by atoms with Gasteiger partial charge in [0.15, 0.2) is 5.78 Å². The summed E-state index contributed by atoms with van der Waals surface area (Å²) in [7, 11) is 1.65. The van der Waals surface area contributed by atoms with E-state index in [4.69, 9.17) is 4.74 Å². The zero-order chi connectivity index (χ0) is 19.2. The molecule has 0 amide bonds. The van der Waals surface area contributed by atoms with Gasteiger partial charge >= 0.3 is 0 Å². The molecule has 3 aromatic rings. The number of ether oxygens (including phenoxy) is 1. The Morgan fingerprint density at radius 1 is 0.926 bits per heavy atom. The van der Waals surface area contributed by atoms with Crippen molar-refractivity contribution in [3.63, 3.8) is 0 Å². The molecule has 0 aliphatic rings. The molecule has 3 nitrogen and oxygen atoms in total. The molecule has 0 radical (unpaired) electrons. The van der Waals surface area contributed by atoms with E-state index in [9.17, 15) is 4.79 Å². The molecule has 0 aromatic heterocycles. The molecule has 3 heteroatoms. The smallest absolute Gasteiger partial charge is 0.165 e. The summed E-state index contributed by atoms with van der Waals surface area (Å²) in [5.41, 5.74) is 5.28. The van der Waals surface area contributed by atoms with Crippen LogP contribution >= 0.6 is 0 Å². The molecule has 27 heavy (non-hydrogen) atoms. The Morgan fingerprint density at radius 3 is 2.26 bits per heavy atom. The van der Waals surface area contributed by atoms with Crippen molar-refractivity contribution in [3.05, 3.63) is 95.1 Å². The van der Waals surface area contributed by atoms with Gasteiger partial charge < -0.3 is 10.1 Å². The number of Topliss-reactive ketones (excluding diaryl/α,β-unsaturated/α-hetero) is 1. The van der Waals surface area contributed by atoms with Gasteiger partial charge in [-0.25, -0.2) is 0 Å². The summed E-state index contributed by atoms with van der Waals surface area (Å²) in [6, 6.07) is 23.5. The third-order valence-corrected chi connectivity index (χ3v) is 4.85. The summed E-state index contributed by atoms with van der Waals surface area (Å²) in [4.78, 5) is 12.8. The van der Waals surface area contributed by atoms with Crippen molar-refractivity contribution in [1.29, 1.82) is 0 Å². The van der Waals surface area contributed by atoms with Crippen molar-refractivity contribution in [1.82, 2.24) is 0 Å². The van der Waals surface area contributed by atoms with Gasteiger partial charge in [-0.1, -0.05) is 48.5 Å². The molecule has 138 valence electrons. The van der Waals surface area contributed by atoms with Crippen LogP contribution in [0.1, 0.15) is 39.5 Å². The lowest BCUT2D eigenvalue weighted by Crippen LogP contribution is -2.16. The van der Waals surface area contributed by atoms with Crippen molar-refractivity contribution in [2.45, 2.75) is 26.3 Å². The van der Waals surface area contributed by atoms with Gasteiger partial charge in [0.25, 0.3) is 0 Å². The lowest BCUT2D eigenvalue weighted by atomic mass is 9.97. The molecule has 0 aliphatic carbocycles. The fraction of sp³-hybridized carbons (Fsp3) is 0.208. The maximum absolute atomic E-state index is 12.8. The second-order valence-electron chi connectivity index (χ2n) is 6.76. The number of rotatable bonds is 7. The fourth-order valence-electron chi connectivity index (χ4n) is 3.05. The van der Waals surface area contributed by atoms with Crippen LogP contribution in [0.2, 0.25) is 0 Å². The van der Waals surface area contributed by atoms with E-state index in [0.29, 0.717) is 6.42 Å². The van der Waals surface area contributed by atoms with Crippen molar-refractivity contribution in [3.8, 4) is 5.75 Å². The summed E-state index contributed by atoms with van der Waals surface area (Å²) in [6.07, 6.45) is 0.378. The maximum atomic E-state index is 12.8. The second kappa shape index (κ2) is 8.54. The Hall–Kier alpha value is -3.07. The van der Waals surface area contributed by atoms with Crippen LogP contribution in [0.4, 0.5) is 5.69 Å². The van der Waals surface area contributed by atoms with Crippen molar-refractivity contribution in [2.24, 2.45) is 0 Å². The molecule has 0 spiro atoms. The Kier molecular flexibility index (Phi) is 5.92. The second-order valence-corrected chi connectivity index (χ2v) is 6.76. The highest BCUT2D eigenvalue weighted by Crippen LogP contribution is 2.27. The molecule has 0 heterocycles. The SMILES string of the molecule is COc1ccc(C(CC(=O)c2ccccc2)Nc2ccc(C)c(C)c2)cc1. The van der Waals surface area contributed by atoms with Crippen LogP contribution in [-0.4, -0.2) is 12.9 Å². The third kappa shape index (κ3) is 4.76. The largest absolute Gasteiger partial charge is 0.497 e. The number of carbonyl (C=O) groups is 1. The van der Waals surface area contributed by atoms with E-state index in [1.54, 1.807) is 7.11 Å². The number of anilines is 1. The van der Waals surface area contributed by atoms with E-state index in [1.807, 2.05) is 54.6 Å². The van der Waals surface area contributed by atoms with E-state index in [0.717, 1.165) is 22.6 Å². The number of hydrogen-bond acceptors (Lipinski definition) is 3. The van der Waals surface area contributed by atoms with Gasteiger partial charge in [-0.15, -0.1) is 0 Å². The van der Waals surface area contributed by atoms with E-state index in [2.05, 4.69) is 37.4 Å². The third-order valence-electron chi connectivity index (χ3n) is 4.85. The van der Waals surface area contributed by atoms with Gasteiger partial charge in [0.1, 0.15) is 5.75 Å². The molecule has 0 bridgehead atoms. The summed E-state index contributed by atoms with van der Waals surface area (Å²) in [5.74, 6) is 0.922. The van der Waals surface area contributed by atoms with Crippen molar-refractivity contribution >= 4 is 11.5 Å². The maximum Gasteiger partial charge on any atom is 0.165 e. The van der Waals surface area contributed by atoms with Gasteiger partial charge in [0, 0.05) is 17.7 Å². The molecule has 1 atom stereocenters. The molecule has 0 fully saturated rings. The minimum Gasteiger partial charge on any atom is -0.497 e. The number of aryl methyl sites for hydroxylation is 2. The normalized spacial score (nSPS) is 11.7. The molecule has 0 saturated heterocycles. The summed E-state index contributed by atoms with van der Waals surface area (Å²) in [5, 5.41) is 3.54. The van der Waals surface area contributed by atoms with E-state index >= 15 is 0 Å². The molecule has 0 aliphatic heterocycles. The standard InChI is InChI=1S/C24H25NO2/c1-17-9-12-21(15-18(17)2)25-23(19-10-13-22(27-3)14-11-19)16-24(26)20-7-5-4-6-8-20/h4-15,23,25H,16H2,1-3H3. The first-order valence-corrected chi connectivity index (χ1v) is 9.13. The summed E-state index contributed by atoms with van der Waals surface area (Å²) >= 11 is 0. The molecule has 1 N–H and O–H groups in total. The number of ketones is 1. The predicted molar refractivity (Wildman–Crippen MR) is 111 cm³/mol. The monoisotopic (exact) mass is 359 g/mol. The Morgan fingerprint density at radius 2 is 1.63 bits per heavy atom. The fourth-order valence-corrected chi connectivity index (χ4v) is 3.05. The van der Waals surface area contributed by atoms with E-state index < -0.39 is 0 Å². The van der Waals surface area contributed by atoms with Crippen LogP contribution in [0.15, 0.2) is 72.8 Å². The van der Waals surface area contributed by atoms with Crippen LogP contribution in [-0.2, 0) is 0 Å². The number of carbonyl (C=O) groups excluding carboxylic acids is 1. The van der Waals surface area contributed by atoms with Crippen LogP contribution < -0.4 is 10.1 Å². The predicted octanol–water partition coefficient (Wildman–Crippen LogP) is 5.74. The number of nitrogens with one attached hydrogen (secondary N) is 1. The van der Waals surface area contributed by atoms with Gasteiger partial charge in [-0.2, -0.15) is 0 Å². The lowest BCUT2D eigenvalue weighted by Gasteiger charge is -2.21. The Labute approximate surface area is 161 Å². The molecule has 3 rings (SSSR count). The quantitative estimate of drug-likeness (QED) is 0.547.